The first-order valence-corrected chi connectivity index (χ1v) is 11.7. The van der Waals surface area contributed by atoms with Crippen LogP contribution in [0.5, 0.6) is 0 Å². The molecule has 1 N–H and O–H groups in total. The Morgan fingerprint density at radius 2 is 1.97 bits per heavy atom. The van der Waals surface area contributed by atoms with E-state index in [1.165, 1.54) is 11.3 Å². The monoisotopic (exact) mass is 460 g/mol. The third kappa shape index (κ3) is 4.02. The van der Waals surface area contributed by atoms with Gasteiger partial charge in [0.25, 0.3) is 11.8 Å². The zero-order valence-electron chi connectivity index (χ0n) is 18.7. The molecule has 1 saturated heterocycles. The van der Waals surface area contributed by atoms with Crippen molar-refractivity contribution >= 4 is 34.3 Å². The van der Waals surface area contributed by atoms with E-state index in [9.17, 15) is 9.59 Å². The van der Waals surface area contributed by atoms with E-state index in [1.54, 1.807) is 30.0 Å². The van der Waals surface area contributed by atoms with E-state index in [4.69, 9.17) is 4.42 Å². The Labute approximate surface area is 195 Å². The summed E-state index contributed by atoms with van der Waals surface area (Å²) in [5.41, 5.74) is 4.24. The number of amides is 2. The van der Waals surface area contributed by atoms with Crippen molar-refractivity contribution in [1.29, 1.82) is 0 Å². The maximum Gasteiger partial charge on any atom is 0.274 e. The van der Waals surface area contributed by atoms with Crippen LogP contribution in [0.4, 0.5) is 0 Å². The van der Waals surface area contributed by atoms with Crippen LogP contribution in [0.3, 0.4) is 0 Å². The number of hydrogen-bond donors (Lipinski definition) is 1. The summed E-state index contributed by atoms with van der Waals surface area (Å²) in [6.45, 7) is 6.74. The van der Waals surface area contributed by atoms with Crippen LogP contribution >= 0.6 is 11.3 Å². The highest BCUT2D eigenvalue weighted by Crippen LogP contribution is 2.33. The lowest BCUT2D eigenvalue weighted by atomic mass is 10.0. The number of nitrogens with one attached hydrogen (secondary N) is 1. The molecule has 0 aliphatic carbocycles. The van der Waals surface area contributed by atoms with E-state index in [2.05, 4.69) is 21.4 Å². The number of nitrogens with zero attached hydrogens (tertiary/aromatic N) is 3. The molecule has 1 aliphatic rings. The zero-order chi connectivity index (χ0) is 23.1. The van der Waals surface area contributed by atoms with Crippen molar-refractivity contribution in [2.75, 3.05) is 13.1 Å². The first-order valence-electron chi connectivity index (χ1n) is 10.9. The SMILES string of the molecule is Cc1cccc(-c2sc(C)nc2C(=O)N2CC[C@@H]2CNC(=O)c2cccc3oc(C)nc23)c1. The van der Waals surface area contributed by atoms with E-state index in [1.807, 2.05) is 32.0 Å². The van der Waals surface area contributed by atoms with Crippen molar-refractivity contribution < 1.29 is 14.0 Å². The standard InChI is InChI=1S/C25H24N4O3S/c1-14-6-4-7-17(12-14)23-22(28-16(3)33-23)25(31)29-11-10-18(29)13-26-24(30)19-8-5-9-20-21(19)27-15(2)32-20/h4-9,12,18H,10-11,13H2,1-3H3,(H,26,30)/t18-/m1/s1. The molecule has 2 aromatic heterocycles. The van der Waals surface area contributed by atoms with Gasteiger partial charge in [-0.1, -0.05) is 35.9 Å². The number of para-hydroxylation sites is 1. The second kappa shape index (κ2) is 8.44. The maximum absolute atomic E-state index is 13.4. The molecule has 1 fully saturated rings. The Balaban J connectivity index is 1.30. The van der Waals surface area contributed by atoms with Crippen LogP contribution in [-0.4, -0.2) is 45.8 Å². The fraction of sp³-hybridized carbons (Fsp3) is 0.280. The van der Waals surface area contributed by atoms with E-state index in [-0.39, 0.29) is 17.9 Å². The summed E-state index contributed by atoms with van der Waals surface area (Å²) in [6, 6.07) is 13.3. The lowest BCUT2D eigenvalue weighted by Gasteiger charge is -2.40. The van der Waals surface area contributed by atoms with Crippen LogP contribution in [0.2, 0.25) is 0 Å². The van der Waals surface area contributed by atoms with Gasteiger partial charge in [-0.15, -0.1) is 11.3 Å². The molecule has 0 bridgehead atoms. The van der Waals surface area contributed by atoms with E-state index in [0.29, 0.717) is 41.3 Å². The van der Waals surface area contributed by atoms with Crippen LogP contribution in [0, 0.1) is 20.8 Å². The fourth-order valence-electron chi connectivity index (χ4n) is 4.16. The molecule has 33 heavy (non-hydrogen) atoms. The first-order chi connectivity index (χ1) is 15.9. The predicted molar refractivity (Wildman–Crippen MR) is 128 cm³/mol. The summed E-state index contributed by atoms with van der Waals surface area (Å²) in [4.78, 5) is 37.8. The third-order valence-corrected chi connectivity index (χ3v) is 6.91. The number of rotatable bonds is 5. The molecule has 3 heterocycles. The summed E-state index contributed by atoms with van der Waals surface area (Å²) >= 11 is 1.53. The summed E-state index contributed by atoms with van der Waals surface area (Å²) in [6.07, 6.45) is 0.836. The second-order valence-corrected chi connectivity index (χ2v) is 9.52. The van der Waals surface area contributed by atoms with E-state index < -0.39 is 0 Å². The van der Waals surface area contributed by atoms with Gasteiger partial charge in [-0.3, -0.25) is 9.59 Å². The van der Waals surface area contributed by atoms with Gasteiger partial charge in [0, 0.05) is 20.0 Å². The molecule has 0 saturated carbocycles. The second-order valence-electron chi connectivity index (χ2n) is 8.32. The minimum Gasteiger partial charge on any atom is -0.441 e. The Bertz CT molecular complexity index is 1370. The quantitative estimate of drug-likeness (QED) is 0.473. The average molecular weight is 461 g/mol. The topological polar surface area (TPSA) is 88.3 Å². The first kappa shape index (κ1) is 21.3. The van der Waals surface area contributed by atoms with Crippen LogP contribution in [0.1, 0.15) is 43.7 Å². The molecule has 1 atom stereocenters. The number of likely N-dealkylation sites (tertiary alicyclic amines) is 1. The van der Waals surface area contributed by atoms with Crippen LogP contribution < -0.4 is 5.32 Å². The summed E-state index contributed by atoms with van der Waals surface area (Å²) in [5, 5.41) is 3.82. The number of hydrogen-bond acceptors (Lipinski definition) is 6. The van der Waals surface area contributed by atoms with E-state index in [0.717, 1.165) is 27.4 Å². The molecule has 168 valence electrons. The molecule has 0 spiro atoms. The normalized spacial score (nSPS) is 15.5. The smallest absolute Gasteiger partial charge is 0.274 e. The number of aromatic nitrogens is 2. The van der Waals surface area contributed by atoms with Crippen molar-refractivity contribution in [1.82, 2.24) is 20.2 Å². The number of carbonyl (C=O) groups is 2. The number of thiazole rings is 1. The molecule has 2 amide bonds. The highest BCUT2D eigenvalue weighted by atomic mass is 32.1. The largest absolute Gasteiger partial charge is 0.441 e. The van der Waals surface area contributed by atoms with Gasteiger partial charge in [-0.2, -0.15) is 0 Å². The van der Waals surface area contributed by atoms with Gasteiger partial charge in [-0.25, -0.2) is 9.97 Å². The van der Waals surface area contributed by atoms with Crippen LogP contribution in [0.15, 0.2) is 46.9 Å². The van der Waals surface area contributed by atoms with Crippen molar-refractivity contribution in [3.63, 3.8) is 0 Å². The van der Waals surface area contributed by atoms with Crippen molar-refractivity contribution in [3.05, 3.63) is 70.2 Å². The zero-order valence-corrected chi connectivity index (χ0v) is 19.5. The molecular weight excluding hydrogens is 436 g/mol. The number of benzene rings is 2. The minimum absolute atomic E-state index is 0.0629. The van der Waals surface area contributed by atoms with Gasteiger partial charge in [0.2, 0.25) is 0 Å². The van der Waals surface area contributed by atoms with Gasteiger partial charge in [-0.05, 0) is 38.0 Å². The van der Waals surface area contributed by atoms with Gasteiger partial charge < -0.3 is 14.6 Å². The molecule has 7 nitrogen and oxygen atoms in total. The number of fused-ring (bicyclic) bond motifs is 1. The Hall–Kier alpha value is -3.52. The molecule has 5 rings (SSSR count). The molecule has 4 aromatic rings. The highest BCUT2D eigenvalue weighted by Gasteiger charge is 2.35. The lowest BCUT2D eigenvalue weighted by molar-refractivity contribution is 0.0451. The molecule has 0 radical (unpaired) electrons. The summed E-state index contributed by atoms with van der Waals surface area (Å²) < 4.78 is 5.52. The van der Waals surface area contributed by atoms with Crippen molar-refractivity contribution in [2.24, 2.45) is 0 Å². The number of carbonyl (C=O) groups excluding carboxylic acids is 2. The Kier molecular flexibility index (Phi) is 5.46. The van der Waals surface area contributed by atoms with Crippen molar-refractivity contribution in [3.8, 4) is 10.4 Å². The van der Waals surface area contributed by atoms with Gasteiger partial charge in [0.1, 0.15) is 11.2 Å². The van der Waals surface area contributed by atoms with Gasteiger partial charge >= 0.3 is 0 Å². The Morgan fingerprint density at radius 1 is 1.15 bits per heavy atom. The predicted octanol–water partition coefficient (Wildman–Crippen LogP) is 4.52. The van der Waals surface area contributed by atoms with Crippen LogP contribution in [0.25, 0.3) is 21.5 Å². The molecular formula is C25H24N4O3S. The van der Waals surface area contributed by atoms with Gasteiger partial charge in [0.05, 0.1) is 21.5 Å². The number of aryl methyl sites for hydroxylation is 3. The fourth-order valence-corrected chi connectivity index (χ4v) is 5.07. The van der Waals surface area contributed by atoms with Crippen molar-refractivity contribution in [2.45, 2.75) is 33.2 Å². The summed E-state index contributed by atoms with van der Waals surface area (Å²) in [7, 11) is 0. The van der Waals surface area contributed by atoms with E-state index >= 15 is 0 Å². The van der Waals surface area contributed by atoms with Crippen LogP contribution in [-0.2, 0) is 0 Å². The number of oxazole rings is 1. The lowest BCUT2D eigenvalue weighted by Crippen LogP contribution is -2.56. The van der Waals surface area contributed by atoms with Gasteiger partial charge in [0.15, 0.2) is 11.5 Å². The molecule has 2 aromatic carbocycles. The highest BCUT2D eigenvalue weighted by molar-refractivity contribution is 7.15. The average Bonchev–Trinajstić information content (AvgIpc) is 3.34. The molecule has 8 heteroatoms. The molecule has 0 unspecified atom stereocenters. The molecule has 1 aliphatic heterocycles. The third-order valence-electron chi connectivity index (χ3n) is 5.89. The summed E-state index contributed by atoms with van der Waals surface area (Å²) in [5.74, 6) is 0.206. The maximum atomic E-state index is 13.4. The Morgan fingerprint density at radius 3 is 2.73 bits per heavy atom. The minimum atomic E-state index is -0.224.